The number of hydrogen-bond donors (Lipinski definition) is 2. The SMILES string of the molecule is C=Cc1cc(Cl)ccc1[C@H](CN)CC(=O)O.Cl. The Morgan fingerprint density at radius 3 is 2.71 bits per heavy atom. The first-order valence-electron chi connectivity index (χ1n) is 4.92. The third-order valence-corrected chi connectivity index (χ3v) is 2.65. The number of benzene rings is 1. The average molecular weight is 276 g/mol. The second-order valence-electron chi connectivity index (χ2n) is 3.51. The molecule has 0 fully saturated rings. The maximum absolute atomic E-state index is 10.7. The van der Waals surface area contributed by atoms with Crippen LogP contribution < -0.4 is 5.73 Å². The van der Waals surface area contributed by atoms with Gasteiger partial charge in [0.1, 0.15) is 0 Å². The molecule has 0 saturated carbocycles. The van der Waals surface area contributed by atoms with Crippen LogP contribution in [0.25, 0.3) is 6.08 Å². The fraction of sp³-hybridized carbons (Fsp3) is 0.250. The Bertz CT molecular complexity index is 407. The van der Waals surface area contributed by atoms with Crippen molar-refractivity contribution >= 4 is 36.1 Å². The summed E-state index contributed by atoms with van der Waals surface area (Å²) in [4.78, 5) is 10.7. The molecule has 0 saturated heterocycles. The highest BCUT2D eigenvalue weighted by molar-refractivity contribution is 6.30. The van der Waals surface area contributed by atoms with E-state index in [1.54, 1.807) is 24.3 Å². The number of carboxylic acids is 1. The van der Waals surface area contributed by atoms with E-state index in [1.165, 1.54) is 0 Å². The molecule has 0 heterocycles. The van der Waals surface area contributed by atoms with Crippen molar-refractivity contribution in [3.8, 4) is 0 Å². The summed E-state index contributed by atoms with van der Waals surface area (Å²) in [6, 6.07) is 5.29. The van der Waals surface area contributed by atoms with Gasteiger partial charge in [-0.05, 0) is 29.8 Å². The molecule has 1 rings (SSSR count). The number of rotatable bonds is 5. The lowest BCUT2D eigenvalue weighted by atomic mass is 9.91. The van der Waals surface area contributed by atoms with Gasteiger partial charge in [-0.25, -0.2) is 0 Å². The second-order valence-corrected chi connectivity index (χ2v) is 3.94. The van der Waals surface area contributed by atoms with Crippen molar-refractivity contribution in [1.82, 2.24) is 0 Å². The molecule has 0 amide bonds. The van der Waals surface area contributed by atoms with Crippen LogP contribution in [0.4, 0.5) is 0 Å². The van der Waals surface area contributed by atoms with E-state index >= 15 is 0 Å². The van der Waals surface area contributed by atoms with Gasteiger partial charge >= 0.3 is 5.97 Å². The van der Waals surface area contributed by atoms with Crippen LogP contribution in [-0.4, -0.2) is 17.6 Å². The zero-order valence-electron chi connectivity index (χ0n) is 9.23. The van der Waals surface area contributed by atoms with E-state index in [1.807, 2.05) is 0 Å². The molecule has 17 heavy (non-hydrogen) atoms. The lowest BCUT2D eigenvalue weighted by molar-refractivity contribution is -0.137. The molecule has 0 aliphatic heterocycles. The van der Waals surface area contributed by atoms with Crippen molar-refractivity contribution < 1.29 is 9.90 Å². The highest BCUT2D eigenvalue weighted by atomic mass is 35.5. The molecular formula is C12H15Cl2NO2. The zero-order valence-corrected chi connectivity index (χ0v) is 10.8. The van der Waals surface area contributed by atoms with Crippen molar-refractivity contribution in [2.24, 2.45) is 5.73 Å². The van der Waals surface area contributed by atoms with Crippen LogP contribution in [0.1, 0.15) is 23.5 Å². The van der Waals surface area contributed by atoms with E-state index in [9.17, 15) is 4.79 Å². The highest BCUT2D eigenvalue weighted by Gasteiger charge is 2.16. The molecule has 94 valence electrons. The Kier molecular flexibility index (Phi) is 6.88. The van der Waals surface area contributed by atoms with Gasteiger partial charge in [0.05, 0.1) is 6.42 Å². The van der Waals surface area contributed by atoms with Crippen LogP contribution in [-0.2, 0) is 4.79 Å². The Morgan fingerprint density at radius 1 is 1.59 bits per heavy atom. The lowest BCUT2D eigenvalue weighted by Crippen LogP contribution is -2.17. The molecule has 1 aromatic carbocycles. The van der Waals surface area contributed by atoms with Crippen molar-refractivity contribution in [3.05, 3.63) is 40.9 Å². The monoisotopic (exact) mass is 275 g/mol. The van der Waals surface area contributed by atoms with Crippen LogP contribution in [0.3, 0.4) is 0 Å². The Balaban J connectivity index is 0.00000256. The molecule has 0 radical (unpaired) electrons. The van der Waals surface area contributed by atoms with Gasteiger partial charge in [0, 0.05) is 10.9 Å². The standard InChI is InChI=1S/C12H14ClNO2.ClH/c1-2-8-5-10(13)3-4-11(8)9(7-14)6-12(15)16;/h2-5,9H,1,6-7,14H2,(H,15,16);1H/t9-;/m0./s1. The molecule has 1 atom stereocenters. The second kappa shape index (κ2) is 7.33. The van der Waals surface area contributed by atoms with Crippen LogP contribution in [0.15, 0.2) is 24.8 Å². The van der Waals surface area contributed by atoms with Crippen molar-refractivity contribution in [2.45, 2.75) is 12.3 Å². The summed E-state index contributed by atoms with van der Waals surface area (Å²) in [5, 5.41) is 9.39. The summed E-state index contributed by atoms with van der Waals surface area (Å²) in [7, 11) is 0. The molecule has 0 bridgehead atoms. The highest BCUT2D eigenvalue weighted by Crippen LogP contribution is 2.26. The van der Waals surface area contributed by atoms with Gasteiger partial charge < -0.3 is 10.8 Å². The summed E-state index contributed by atoms with van der Waals surface area (Å²) in [6.45, 7) is 3.97. The van der Waals surface area contributed by atoms with Crippen LogP contribution >= 0.6 is 24.0 Å². The van der Waals surface area contributed by atoms with Crippen LogP contribution in [0.5, 0.6) is 0 Å². The summed E-state index contributed by atoms with van der Waals surface area (Å²) in [5.41, 5.74) is 7.30. The van der Waals surface area contributed by atoms with Gasteiger partial charge in [0.2, 0.25) is 0 Å². The maximum Gasteiger partial charge on any atom is 0.304 e. The molecular weight excluding hydrogens is 261 g/mol. The summed E-state index contributed by atoms with van der Waals surface area (Å²) in [6.07, 6.45) is 1.67. The summed E-state index contributed by atoms with van der Waals surface area (Å²) < 4.78 is 0. The molecule has 0 spiro atoms. The topological polar surface area (TPSA) is 63.3 Å². The molecule has 3 N–H and O–H groups in total. The largest absolute Gasteiger partial charge is 0.481 e. The number of carbonyl (C=O) groups is 1. The minimum absolute atomic E-state index is 0. The Morgan fingerprint density at radius 2 is 2.24 bits per heavy atom. The number of aliphatic carboxylic acids is 1. The molecule has 1 aromatic rings. The minimum Gasteiger partial charge on any atom is -0.481 e. The fourth-order valence-electron chi connectivity index (χ4n) is 1.63. The fourth-order valence-corrected chi connectivity index (χ4v) is 1.81. The van der Waals surface area contributed by atoms with Crippen LogP contribution in [0.2, 0.25) is 5.02 Å². The van der Waals surface area contributed by atoms with E-state index < -0.39 is 5.97 Å². The lowest BCUT2D eigenvalue weighted by Gasteiger charge is -2.15. The molecule has 0 aliphatic rings. The van der Waals surface area contributed by atoms with E-state index in [4.69, 9.17) is 22.4 Å². The number of halogens is 2. The predicted octanol–water partition coefficient (Wildman–Crippen LogP) is 2.92. The van der Waals surface area contributed by atoms with E-state index in [2.05, 4.69) is 6.58 Å². The van der Waals surface area contributed by atoms with Gasteiger partial charge in [0.25, 0.3) is 0 Å². The molecule has 0 aromatic heterocycles. The molecule has 0 unspecified atom stereocenters. The first-order valence-corrected chi connectivity index (χ1v) is 5.30. The molecule has 5 heteroatoms. The molecule has 0 aliphatic carbocycles. The Labute approximate surface area is 112 Å². The maximum atomic E-state index is 10.7. The summed E-state index contributed by atoms with van der Waals surface area (Å²) >= 11 is 5.85. The zero-order chi connectivity index (χ0) is 12.1. The van der Waals surface area contributed by atoms with E-state index in [-0.39, 0.29) is 31.3 Å². The third-order valence-electron chi connectivity index (χ3n) is 2.41. The first-order chi connectivity index (χ1) is 7.58. The van der Waals surface area contributed by atoms with Gasteiger partial charge in [0.15, 0.2) is 0 Å². The van der Waals surface area contributed by atoms with Crippen molar-refractivity contribution in [1.29, 1.82) is 0 Å². The normalized spacial score (nSPS) is 11.4. The van der Waals surface area contributed by atoms with Crippen molar-refractivity contribution in [2.75, 3.05) is 6.54 Å². The Hall–Kier alpha value is -1.03. The van der Waals surface area contributed by atoms with E-state index in [0.717, 1.165) is 11.1 Å². The summed E-state index contributed by atoms with van der Waals surface area (Å²) in [5.74, 6) is -1.07. The quantitative estimate of drug-likeness (QED) is 0.869. The third kappa shape index (κ3) is 4.38. The number of hydrogen-bond acceptors (Lipinski definition) is 2. The first kappa shape index (κ1) is 16.0. The van der Waals surface area contributed by atoms with Crippen molar-refractivity contribution in [3.63, 3.8) is 0 Å². The minimum atomic E-state index is -0.861. The van der Waals surface area contributed by atoms with Gasteiger partial charge in [-0.2, -0.15) is 0 Å². The average Bonchev–Trinajstić information content (AvgIpc) is 2.25. The number of carboxylic acid groups (broad SMARTS) is 1. The van der Waals surface area contributed by atoms with Crippen LogP contribution in [0, 0.1) is 0 Å². The smallest absolute Gasteiger partial charge is 0.304 e. The predicted molar refractivity (Wildman–Crippen MR) is 72.8 cm³/mol. The number of nitrogens with two attached hydrogens (primary N) is 1. The van der Waals surface area contributed by atoms with Gasteiger partial charge in [-0.3, -0.25) is 4.79 Å². The van der Waals surface area contributed by atoms with Gasteiger partial charge in [-0.1, -0.05) is 30.3 Å². The van der Waals surface area contributed by atoms with E-state index in [0.29, 0.717) is 5.02 Å². The molecule has 3 nitrogen and oxygen atoms in total. The van der Waals surface area contributed by atoms with Gasteiger partial charge in [-0.15, -0.1) is 12.4 Å².